The second kappa shape index (κ2) is 8.83. The van der Waals surface area contributed by atoms with Crippen molar-refractivity contribution in [1.82, 2.24) is 14.5 Å². The van der Waals surface area contributed by atoms with Crippen LogP contribution < -0.4 is 11.1 Å². The lowest BCUT2D eigenvalue weighted by atomic mass is 9.99. The molecule has 2 atom stereocenters. The first kappa shape index (κ1) is 20.3. The molecule has 0 radical (unpaired) electrons. The van der Waals surface area contributed by atoms with Gasteiger partial charge in [-0.25, -0.2) is 9.97 Å². The molecular formula is C21H22ClN5O3. The Bertz CT molecular complexity index is 1050. The summed E-state index contributed by atoms with van der Waals surface area (Å²) in [6.07, 6.45) is 4.16. The van der Waals surface area contributed by atoms with Crippen LogP contribution in [0.25, 0.3) is 5.69 Å². The van der Waals surface area contributed by atoms with E-state index in [2.05, 4.69) is 15.3 Å². The van der Waals surface area contributed by atoms with E-state index >= 15 is 0 Å². The normalized spacial score (nSPS) is 17.1. The summed E-state index contributed by atoms with van der Waals surface area (Å²) in [5.74, 6) is 0.0272. The van der Waals surface area contributed by atoms with Crippen LogP contribution in [0.3, 0.4) is 0 Å². The molecule has 1 aliphatic rings. The average Bonchev–Trinajstić information content (AvgIpc) is 3.39. The number of aliphatic hydroxyl groups excluding tert-OH is 1. The highest BCUT2D eigenvalue weighted by molar-refractivity contribution is 6.30. The predicted molar refractivity (Wildman–Crippen MR) is 113 cm³/mol. The number of carbonyl (C=O) groups is 1. The van der Waals surface area contributed by atoms with Crippen molar-refractivity contribution in [2.75, 3.05) is 25.1 Å². The van der Waals surface area contributed by atoms with Crippen LogP contribution in [0.2, 0.25) is 5.02 Å². The summed E-state index contributed by atoms with van der Waals surface area (Å²) >= 11 is 6.14. The van der Waals surface area contributed by atoms with Crippen molar-refractivity contribution in [2.24, 2.45) is 5.73 Å². The highest BCUT2D eigenvalue weighted by Gasteiger charge is 2.23. The lowest BCUT2D eigenvalue weighted by molar-refractivity contribution is 0.0995. The fourth-order valence-electron chi connectivity index (χ4n) is 3.53. The highest BCUT2D eigenvalue weighted by atomic mass is 35.5. The molecule has 3 heterocycles. The van der Waals surface area contributed by atoms with Gasteiger partial charge in [0.05, 0.1) is 30.9 Å². The van der Waals surface area contributed by atoms with Gasteiger partial charge in [0, 0.05) is 30.1 Å². The largest absolute Gasteiger partial charge is 0.395 e. The van der Waals surface area contributed by atoms with Gasteiger partial charge in [-0.15, -0.1) is 0 Å². The smallest absolute Gasteiger partial charge is 0.268 e. The number of primary amides is 1. The first-order valence-electron chi connectivity index (χ1n) is 9.61. The molecule has 156 valence electrons. The minimum absolute atomic E-state index is 0.112. The molecular weight excluding hydrogens is 406 g/mol. The third-order valence-electron chi connectivity index (χ3n) is 5.03. The fourth-order valence-corrected chi connectivity index (χ4v) is 3.73. The van der Waals surface area contributed by atoms with Crippen molar-refractivity contribution in [1.29, 1.82) is 0 Å². The molecule has 0 spiro atoms. The number of rotatable bonds is 7. The Morgan fingerprint density at radius 1 is 1.40 bits per heavy atom. The maximum Gasteiger partial charge on any atom is 0.268 e. The molecule has 1 fully saturated rings. The summed E-state index contributed by atoms with van der Waals surface area (Å²) < 4.78 is 7.15. The number of nitrogens with two attached hydrogens (primary N) is 1. The van der Waals surface area contributed by atoms with Crippen LogP contribution in [0.1, 0.15) is 34.2 Å². The Balaban J connectivity index is 1.75. The van der Waals surface area contributed by atoms with Crippen LogP contribution in [-0.2, 0) is 4.74 Å². The lowest BCUT2D eigenvalue weighted by Gasteiger charge is -2.18. The van der Waals surface area contributed by atoms with Gasteiger partial charge < -0.3 is 25.5 Å². The number of pyridine rings is 1. The number of amides is 1. The van der Waals surface area contributed by atoms with Gasteiger partial charge in [-0.1, -0.05) is 23.7 Å². The monoisotopic (exact) mass is 427 g/mol. The first-order valence-corrected chi connectivity index (χ1v) is 9.99. The number of hydrogen-bond acceptors (Lipinski definition) is 6. The molecule has 8 nitrogen and oxygen atoms in total. The van der Waals surface area contributed by atoms with E-state index in [-0.39, 0.29) is 18.3 Å². The fraction of sp³-hybridized carbons (Fsp3) is 0.286. The van der Waals surface area contributed by atoms with Crippen LogP contribution in [-0.4, -0.2) is 51.4 Å². The first-order chi connectivity index (χ1) is 14.5. The Morgan fingerprint density at radius 2 is 2.27 bits per heavy atom. The summed E-state index contributed by atoms with van der Waals surface area (Å²) in [4.78, 5) is 20.6. The molecule has 1 aromatic carbocycles. The van der Waals surface area contributed by atoms with Crippen molar-refractivity contribution >= 4 is 23.3 Å². The summed E-state index contributed by atoms with van der Waals surface area (Å²) in [5.41, 5.74) is 7.11. The SMILES string of the molecule is NC(=O)c1cn(-c2ccnc(NC3CCOC3)c2)c([C@@H](CO)c2cccc(Cl)c2)n1. The van der Waals surface area contributed by atoms with Gasteiger partial charge in [0.1, 0.15) is 17.3 Å². The van der Waals surface area contributed by atoms with E-state index in [9.17, 15) is 9.90 Å². The molecule has 9 heteroatoms. The summed E-state index contributed by atoms with van der Waals surface area (Å²) in [5, 5.41) is 14.0. The zero-order valence-corrected chi connectivity index (χ0v) is 16.9. The number of halogens is 1. The van der Waals surface area contributed by atoms with Gasteiger partial charge in [0.2, 0.25) is 0 Å². The maximum atomic E-state index is 11.8. The molecule has 1 saturated heterocycles. The van der Waals surface area contributed by atoms with Gasteiger partial charge >= 0.3 is 0 Å². The summed E-state index contributed by atoms with van der Waals surface area (Å²) in [6, 6.07) is 11.1. The number of ether oxygens (including phenoxy) is 1. The van der Waals surface area contributed by atoms with Crippen molar-refractivity contribution < 1.29 is 14.6 Å². The molecule has 1 unspecified atom stereocenters. The Hall–Kier alpha value is -2.94. The number of nitrogens with one attached hydrogen (secondary N) is 1. The molecule has 4 rings (SSSR count). The standard InChI is InChI=1S/C21H22ClN5O3/c22-14-3-1-2-13(8-14)17(11-28)21-26-18(20(23)29)10-27(21)16-4-6-24-19(9-16)25-15-5-7-30-12-15/h1-4,6,8-10,15,17,28H,5,7,11-12H2,(H2,23,29)(H,24,25)/t15?,17-/m0/s1. The third kappa shape index (κ3) is 4.30. The molecule has 4 N–H and O–H groups in total. The van der Waals surface area contributed by atoms with Crippen molar-refractivity contribution in [3.05, 3.63) is 70.9 Å². The Labute approximate surface area is 178 Å². The number of carbonyl (C=O) groups excluding carboxylic acids is 1. The number of imidazole rings is 1. The lowest BCUT2D eigenvalue weighted by Crippen LogP contribution is -2.20. The average molecular weight is 428 g/mol. The van der Waals surface area contributed by atoms with E-state index in [4.69, 9.17) is 22.1 Å². The minimum Gasteiger partial charge on any atom is -0.395 e. The molecule has 30 heavy (non-hydrogen) atoms. The molecule has 1 aliphatic heterocycles. The van der Waals surface area contributed by atoms with E-state index in [1.165, 1.54) is 0 Å². The number of aromatic nitrogens is 3. The molecule has 0 saturated carbocycles. The zero-order chi connectivity index (χ0) is 21.1. The third-order valence-corrected chi connectivity index (χ3v) is 5.27. The Kier molecular flexibility index (Phi) is 5.98. The number of anilines is 1. The highest BCUT2D eigenvalue weighted by Crippen LogP contribution is 2.28. The number of benzene rings is 1. The van der Waals surface area contributed by atoms with Gasteiger partial charge in [0.15, 0.2) is 0 Å². The van der Waals surface area contributed by atoms with Crippen molar-refractivity contribution in [2.45, 2.75) is 18.4 Å². The molecule has 1 amide bonds. The Morgan fingerprint density at radius 3 is 2.97 bits per heavy atom. The van der Waals surface area contributed by atoms with Crippen LogP contribution in [0.4, 0.5) is 5.82 Å². The molecule has 0 bridgehead atoms. The van der Waals surface area contributed by atoms with E-state index < -0.39 is 11.8 Å². The zero-order valence-electron chi connectivity index (χ0n) is 16.2. The van der Waals surface area contributed by atoms with Crippen LogP contribution in [0.5, 0.6) is 0 Å². The number of aliphatic hydroxyl groups is 1. The van der Waals surface area contributed by atoms with Crippen molar-refractivity contribution in [3.63, 3.8) is 0 Å². The second-order valence-electron chi connectivity index (χ2n) is 7.11. The summed E-state index contributed by atoms with van der Waals surface area (Å²) in [7, 11) is 0. The maximum absolute atomic E-state index is 11.8. The number of nitrogens with zero attached hydrogens (tertiary/aromatic N) is 3. The molecule has 0 aliphatic carbocycles. The van der Waals surface area contributed by atoms with E-state index in [1.54, 1.807) is 41.2 Å². The number of hydrogen-bond donors (Lipinski definition) is 3. The predicted octanol–water partition coefficient (Wildman–Crippen LogP) is 2.34. The van der Waals surface area contributed by atoms with Gasteiger partial charge in [-0.2, -0.15) is 0 Å². The second-order valence-corrected chi connectivity index (χ2v) is 7.55. The minimum atomic E-state index is -0.645. The van der Waals surface area contributed by atoms with E-state index in [1.807, 2.05) is 12.1 Å². The molecule has 3 aromatic rings. The van der Waals surface area contributed by atoms with E-state index in [0.717, 1.165) is 24.3 Å². The van der Waals surface area contributed by atoms with Gasteiger partial charge in [-0.05, 0) is 30.2 Å². The van der Waals surface area contributed by atoms with Gasteiger partial charge in [0.25, 0.3) is 5.91 Å². The van der Waals surface area contributed by atoms with Crippen LogP contribution >= 0.6 is 11.6 Å². The van der Waals surface area contributed by atoms with Crippen LogP contribution in [0.15, 0.2) is 48.8 Å². The van der Waals surface area contributed by atoms with Crippen LogP contribution in [0, 0.1) is 0 Å². The quantitative estimate of drug-likeness (QED) is 0.533. The van der Waals surface area contributed by atoms with Gasteiger partial charge in [-0.3, -0.25) is 4.79 Å². The summed E-state index contributed by atoms with van der Waals surface area (Å²) in [6.45, 7) is 1.14. The molecule has 2 aromatic heterocycles. The van der Waals surface area contributed by atoms with Crippen molar-refractivity contribution in [3.8, 4) is 5.69 Å². The topological polar surface area (TPSA) is 115 Å². The van der Waals surface area contributed by atoms with E-state index in [0.29, 0.717) is 23.3 Å².